The lowest BCUT2D eigenvalue weighted by Gasteiger charge is -2.06. The van der Waals surface area contributed by atoms with Crippen LogP contribution in [-0.4, -0.2) is 9.97 Å². The highest BCUT2D eigenvalue weighted by Gasteiger charge is 2.04. The molecule has 2 rings (SSSR count). The molecule has 0 unspecified atom stereocenters. The monoisotopic (exact) mass is 225 g/mol. The van der Waals surface area contributed by atoms with Crippen LogP contribution in [0.15, 0.2) is 30.6 Å². The van der Waals surface area contributed by atoms with Crippen molar-refractivity contribution < 1.29 is 4.74 Å². The number of hydrogen-bond donors (Lipinski definition) is 0. The Morgan fingerprint density at radius 1 is 1.18 bits per heavy atom. The van der Waals surface area contributed by atoms with Gasteiger partial charge in [0.15, 0.2) is 0 Å². The molecule has 0 fully saturated rings. The molecule has 0 atom stereocenters. The summed E-state index contributed by atoms with van der Waals surface area (Å²) in [6, 6.07) is 7.61. The molecule has 0 spiro atoms. The van der Waals surface area contributed by atoms with Crippen molar-refractivity contribution in [2.45, 2.75) is 13.8 Å². The van der Waals surface area contributed by atoms with E-state index in [1.165, 1.54) is 0 Å². The zero-order valence-corrected chi connectivity index (χ0v) is 9.64. The molecule has 0 aliphatic carbocycles. The van der Waals surface area contributed by atoms with E-state index >= 15 is 0 Å². The van der Waals surface area contributed by atoms with Gasteiger partial charge in [0.25, 0.3) is 0 Å². The van der Waals surface area contributed by atoms with Gasteiger partial charge in [0.2, 0.25) is 0 Å². The molecule has 4 nitrogen and oxygen atoms in total. The normalized spacial score (nSPS) is 9.71. The molecule has 4 heteroatoms. The standard InChI is InChI=1S/C13H11N3O/c1-9-7-15-13(16-8-9)17-12-4-3-11(6-14)5-10(12)2/h3-5,7-8H,1-2H3. The summed E-state index contributed by atoms with van der Waals surface area (Å²) in [5.41, 5.74) is 2.47. The Balaban J connectivity index is 2.25. The molecule has 0 saturated heterocycles. The Labute approximate surface area is 99.5 Å². The summed E-state index contributed by atoms with van der Waals surface area (Å²) < 4.78 is 5.53. The van der Waals surface area contributed by atoms with Crippen molar-refractivity contribution in [2.24, 2.45) is 0 Å². The van der Waals surface area contributed by atoms with Gasteiger partial charge in [-0.05, 0) is 43.2 Å². The molecular formula is C13H11N3O. The number of hydrogen-bond acceptors (Lipinski definition) is 4. The Morgan fingerprint density at radius 3 is 2.47 bits per heavy atom. The zero-order valence-electron chi connectivity index (χ0n) is 9.64. The summed E-state index contributed by atoms with van der Waals surface area (Å²) in [6.07, 6.45) is 3.39. The fourth-order valence-electron chi connectivity index (χ4n) is 1.37. The van der Waals surface area contributed by atoms with E-state index in [2.05, 4.69) is 16.0 Å². The minimum atomic E-state index is 0.309. The van der Waals surface area contributed by atoms with Crippen molar-refractivity contribution >= 4 is 0 Å². The number of nitrogens with zero attached hydrogens (tertiary/aromatic N) is 3. The quantitative estimate of drug-likeness (QED) is 0.788. The zero-order chi connectivity index (χ0) is 12.3. The average molecular weight is 225 g/mol. The van der Waals surface area contributed by atoms with Gasteiger partial charge in [-0.3, -0.25) is 0 Å². The first kappa shape index (κ1) is 11.1. The smallest absolute Gasteiger partial charge is 0.321 e. The van der Waals surface area contributed by atoms with E-state index in [1.807, 2.05) is 13.8 Å². The van der Waals surface area contributed by atoms with Gasteiger partial charge < -0.3 is 4.74 Å². The second kappa shape index (κ2) is 4.62. The molecule has 84 valence electrons. The molecule has 0 bridgehead atoms. The third-order valence-electron chi connectivity index (χ3n) is 2.26. The van der Waals surface area contributed by atoms with Crippen LogP contribution in [-0.2, 0) is 0 Å². The summed E-state index contributed by atoms with van der Waals surface area (Å²) in [6.45, 7) is 3.79. The summed E-state index contributed by atoms with van der Waals surface area (Å²) >= 11 is 0. The molecule has 0 amide bonds. The Bertz CT molecular complexity index is 570. The van der Waals surface area contributed by atoms with E-state index < -0.39 is 0 Å². The molecule has 0 N–H and O–H groups in total. The van der Waals surface area contributed by atoms with Crippen LogP contribution < -0.4 is 4.74 Å². The Morgan fingerprint density at radius 2 is 1.88 bits per heavy atom. The van der Waals surface area contributed by atoms with Gasteiger partial charge in [-0.1, -0.05) is 0 Å². The highest BCUT2D eigenvalue weighted by Crippen LogP contribution is 2.22. The maximum Gasteiger partial charge on any atom is 0.321 e. The third kappa shape index (κ3) is 2.58. The number of ether oxygens (including phenoxy) is 1. The molecule has 0 saturated carbocycles. The fraction of sp³-hybridized carbons (Fsp3) is 0.154. The van der Waals surface area contributed by atoms with Gasteiger partial charge in [-0.15, -0.1) is 0 Å². The number of aromatic nitrogens is 2. The molecular weight excluding hydrogens is 214 g/mol. The first-order valence-electron chi connectivity index (χ1n) is 5.16. The summed E-state index contributed by atoms with van der Waals surface area (Å²) in [4.78, 5) is 8.12. The maximum absolute atomic E-state index is 8.76. The number of aryl methyl sites for hydroxylation is 2. The lowest BCUT2D eigenvalue weighted by molar-refractivity contribution is 0.438. The van der Waals surface area contributed by atoms with E-state index in [0.717, 1.165) is 11.1 Å². The molecule has 0 radical (unpaired) electrons. The minimum absolute atomic E-state index is 0.309. The second-order valence-electron chi connectivity index (χ2n) is 3.74. The molecule has 1 heterocycles. The van der Waals surface area contributed by atoms with E-state index in [9.17, 15) is 0 Å². The SMILES string of the molecule is Cc1cnc(Oc2ccc(C#N)cc2C)nc1. The largest absolute Gasteiger partial charge is 0.424 e. The number of benzene rings is 1. The van der Waals surface area contributed by atoms with Gasteiger partial charge in [0.1, 0.15) is 5.75 Å². The maximum atomic E-state index is 8.76. The van der Waals surface area contributed by atoms with Gasteiger partial charge in [0.05, 0.1) is 11.6 Å². The van der Waals surface area contributed by atoms with Crippen molar-refractivity contribution in [3.8, 4) is 17.8 Å². The van der Waals surface area contributed by atoms with Crippen LogP contribution >= 0.6 is 0 Å². The summed E-state index contributed by atoms with van der Waals surface area (Å²) in [5, 5.41) is 8.76. The van der Waals surface area contributed by atoms with Crippen molar-refractivity contribution in [3.63, 3.8) is 0 Å². The van der Waals surface area contributed by atoms with E-state index in [-0.39, 0.29) is 0 Å². The predicted octanol–water partition coefficient (Wildman–Crippen LogP) is 2.76. The van der Waals surface area contributed by atoms with Crippen LogP contribution in [0.25, 0.3) is 0 Å². The van der Waals surface area contributed by atoms with Gasteiger partial charge in [0, 0.05) is 12.4 Å². The van der Waals surface area contributed by atoms with Gasteiger partial charge in [-0.25, -0.2) is 9.97 Å². The topological polar surface area (TPSA) is 58.8 Å². The van der Waals surface area contributed by atoms with Crippen LogP contribution in [0, 0.1) is 25.2 Å². The number of nitriles is 1. The van der Waals surface area contributed by atoms with Crippen molar-refractivity contribution in [3.05, 3.63) is 47.3 Å². The highest BCUT2D eigenvalue weighted by atomic mass is 16.5. The van der Waals surface area contributed by atoms with E-state index in [0.29, 0.717) is 17.3 Å². The van der Waals surface area contributed by atoms with E-state index in [4.69, 9.17) is 10.00 Å². The summed E-state index contributed by atoms with van der Waals surface area (Å²) in [7, 11) is 0. The molecule has 1 aromatic heterocycles. The number of rotatable bonds is 2. The second-order valence-corrected chi connectivity index (χ2v) is 3.74. The first-order valence-corrected chi connectivity index (χ1v) is 5.16. The van der Waals surface area contributed by atoms with E-state index in [1.54, 1.807) is 30.6 Å². The minimum Gasteiger partial charge on any atom is -0.424 e. The first-order chi connectivity index (χ1) is 8.19. The van der Waals surface area contributed by atoms with Crippen molar-refractivity contribution in [1.29, 1.82) is 5.26 Å². The van der Waals surface area contributed by atoms with Gasteiger partial charge >= 0.3 is 6.01 Å². The predicted molar refractivity (Wildman–Crippen MR) is 62.7 cm³/mol. The molecule has 2 aromatic rings. The molecule has 1 aromatic carbocycles. The Hall–Kier alpha value is -2.41. The third-order valence-corrected chi connectivity index (χ3v) is 2.26. The van der Waals surface area contributed by atoms with Crippen LogP contribution in [0.4, 0.5) is 0 Å². The summed E-state index contributed by atoms with van der Waals surface area (Å²) in [5.74, 6) is 0.660. The average Bonchev–Trinajstić information content (AvgIpc) is 2.34. The lowest BCUT2D eigenvalue weighted by atomic mass is 10.1. The lowest BCUT2D eigenvalue weighted by Crippen LogP contribution is -1.93. The van der Waals surface area contributed by atoms with Crippen LogP contribution in [0.2, 0.25) is 0 Å². The highest BCUT2D eigenvalue weighted by molar-refractivity contribution is 5.42. The molecule has 0 aliphatic heterocycles. The van der Waals surface area contributed by atoms with Crippen LogP contribution in [0.1, 0.15) is 16.7 Å². The molecule has 0 aliphatic rings. The fourth-order valence-corrected chi connectivity index (χ4v) is 1.37. The van der Waals surface area contributed by atoms with Crippen LogP contribution in [0.3, 0.4) is 0 Å². The van der Waals surface area contributed by atoms with Crippen molar-refractivity contribution in [2.75, 3.05) is 0 Å². The Kier molecular flexibility index (Phi) is 3.01. The van der Waals surface area contributed by atoms with Crippen molar-refractivity contribution in [1.82, 2.24) is 9.97 Å². The van der Waals surface area contributed by atoms with Gasteiger partial charge in [-0.2, -0.15) is 5.26 Å². The molecule has 17 heavy (non-hydrogen) atoms. The van der Waals surface area contributed by atoms with Crippen LogP contribution in [0.5, 0.6) is 11.8 Å².